The lowest BCUT2D eigenvalue weighted by atomic mass is 9.67. The Bertz CT molecular complexity index is 1170. The highest BCUT2D eigenvalue weighted by atomic mass is 16.1. The Kier molecular flexibility index (Phi) is 6.77. The van der Waals surface area contributed by atoms with Crippen LogP contribution in [0.15, 0.2) is 54.6 Å². The van der Waals surface area contributed by atoms with Gasteiger partial charge in [0.05, 0.1) is 6.04 Å². The van der Waals surface area contributed by atoms with Crippen molar-refractivity contribution in [3.63, 3.8) is 0 Å². The van der Waals surface area contributed by atoms with Crippen molar-refractivity contribution in [2.75, 3.05) is 5.32 Å². The summed E-state index contributed by atoms with van der Waals surface area (Å²) in [7, 11) is 0. The molecule has 1 aromatic carbocycles. The van der Waals surface area contributed by atoms with E-state index >= 15 is 0 Å². The van der Waals surface area contributed by atoms with E-state index in [0.29, 0.717) is 35.6 Å². The van der Waals surface area contributed by atoms with Crippen LogP contribution in [0.1, 0.15) is 83.5 Å². The maximum Gasteiger partial charge on any atom is 0.137 e. The Morgan fingerprint density at radius 1 is 0.854 bits per heavy atom. The summed E-state index contributed by atoms with van der Waals surface area (Å²) in [6.07, 6.45) is 23.9. The first-order chi connectivity index (χ1) is 20.1. The van der Waals surface area contributed by atoms with E-state index in [1.165, 1.54) is 88.3 Å². The number of hydrogen-bond donors (Lipinski definition) is 2. The van der Waals surface area contributed by atoms with Gasteiger partial charge in [-0.1, -0.05) is 74.6 Å². The lowest BCUT2D eigenvalue weighted by Gasteiger charge is -2.38. The van der Waals surface area contributed by atoms with Crippen LogP contribution in [-0.4, -0.2) is 18.4 Å². The molecule has 0 amide bonds. The molecule has 0 aromatic heterocycles. The first-order valence-electron chi connectivity index (χ1n) is 17.5. The number of fused-ring (bicyclic) bond motifs is 6. The highest BCUT2D eigenvalue weighted by Crippen LogP contribution is 2.76. The summed E-state index contributed by atoms with van der Waals surface area (Å²) >= 11 is 0. The summed E-state index contributed by atoms with van der Waals surface area (Å²) in [4.78, 5) is 12.6. The number of allylic oxidation sites excluding steroid dienone is 3. The second-order valence-electron chi connectivity index (χ2n) is 15.7. The summed E-state index contributed by atoms with van der Waals surface area (Å²) in [5, 5.41) is 3.91. The third-order valence-corrected chi connectivity index (χ3v) is 14.4. The monoisotopic (exact) mass is 552 g/mol. The van der Waals surface area contributed by atoms with Gasteiger partial charge in [0.2, 0.25) is 0 Å². The van der Waals surface area contributed by atoms with Gasteiger partial charge in [-0.3, -0.25) is 0 Å². The molecule has 0 spiro atoms. The minimum atomic E-state index is -0.321. The number of nitrogens with one attached hydrogen (secondary N) is 1. The first kappa shape index (κ1) is 26.7. The van der Waals surface area contributed by atoms with Gasteiger partial charge in [0.1, 0.15) is 6.29 Å². The molecule has 8 rings (SSSR count). The molecule has 13 atom stereocenters. The maximum absolute atomic E-state index is 12.6. The molecule has 41 heavy (non-hydrogen) atoms. The zero-order valence-corrected chi connectivity index (χ0v) is 25.0. The largest absolute Gasteiger partial charge is 0.382 e. The lowest BCUT2D eigenvalue weighted by Crippen LogP contribution is -2.43. The van der Waals surface area contributed by atoms with E-state index in [2.05, 4.69) is 54.4 Å². The molecule has 7 aliphatic rings. The summed E-state index contributed by atoms with van der Waals surface area (Å²) in [6.45, 7) is 4.67. The second-order valence-corrected chi connectivity index (χ2v) is 15.7. The molecule has 3 N–H and O–H groups in total. The smallest absolute Gasteiger partial charge is 0.137 e. The quantitative estimate of drug-likeness (QED) is 0.277. The fourth-order valence-electron chi connectivity index (χ4n) is 12.8. The van der Waals surface area contributed by atoms with E-state index in [-0.39, 0.29) is 11.5 Å². The van der Waals surface area contributed by atoms with Crippen LogP contribution in [0.4, 0.5) is 5.69 Å². The topological polar surface area (TPSA) is 55.1 Å². The minimum Gasteiger partial charge on any atom is -0.382 e. The Morgan fingerprint density at radius 2 is 1.66 bits per heavy atom. The molecule has 0 aliphatic heterocycles. The van der Waals surface area contributed by atoms with Crippen LogP contribution in [0.2, 0.25) is 0 Å². The summed E-state index contributed by atoms with van der Waals surface area (Å²) < 4.78 is 0. The molecule has 0 unspecified atom stereocenters. The van der Waals surface area contributed by atoms with Gasteiger partial charge in [0.25, 0.3) is 0 Å². The van der Waals surface area contributed by atoms with Crippen LogP contribution in [0.25, 0.3) is 0 Å². The van der Waals surface area contributed by atoms with Crippen molar-refractivity contribution < 1.29 is 4.79 Å². The number of benzene rings is 1. The normalized spacial score (nSPS) is 47.5. The molecule has 6 saturated carbocycles. The number of aldehydes is 1. The molecular weight excluding hydrogens is 500 g/mol. The number of para-hydroxylation sites is 1. The summed E-state index contributed by atoms with van der Waals surface area (Å²) in [6, 6.07) is 11.1. The van der Waals surface area contributed by atoms with Gasteiger partial charge >= 0.3 is 0 Å². The first-order valence-corrected chi connectivity index (χ1v) is 17.5. The molecule has 0 bridgehead atoms. The Labute approximate surface area is 248 Å². The number of carbonyl (C=O) groups excluding carboxylic acids is 1. The van der Waals surface area contributed by atoms with Crippen molar-refractivity contribution in [2.45, 2.75) is 95.6 Å². The van der Waals surface area contributed by atoms with Crippen LogP contribution in [0, 0.1) is 70.5 Å². The fourth-order valence-corrected chi connectivity index (χ4v) is 12.8. The molecule has 7 aliphatic carbocycles. The van der Waals surface area contributed by atoms with Gasteiger partial charge in [0, 0.05) is 17.1 Å². The van der Waals surface area contributed by atoms with Crippen LogP contribution in [0.5, 0.6) is 0 Å². The SMILES string of the molecule is C=C1CC[C@H]2[C@H]([C@H]3C[C@@H](C4CCCCC4)C[C@H]13)[C@@]2([C@@H]1C=C[C@@H]2[C@H](C[C@@H]3[C@H]2CC[C@@H]3Nc2ccccc2)C1)[C@@H](N)C=O. The van der Waals surface area contributed by atoms with Crippen molar-refractivity contribution in [1.29, 1.82) is 0 Å². The molecule has 3 heteroatoms. The molecule has 0 radical (unpaired) electrons. The van der Waals surface area contributed by atoms with E-state index in [1.807, 2.05) is 0 Å². The zero-order valence-electron chi connectivity index (χ0n) is 25.0. The van der Waals surface area contributed by atoms with Crippen molar-refractivity contribution >= 4 is 12.0 Å². The second kappa shape index (κ2) is 10.4. The minimum absolute atomic E-state index is 0.00627. The van der Waals surface area contributed by atoms with Gasteiger partial charge in [-0.25, -0.2) is 0 Å². The standard InChI is InChI=1S/C38H52N2O/c1-23-12-16-34-37(33-20-25(19-31(23)33)24-8-4-2-5-9-24)38(34,36(39)22-41)27-13-14-29-26(18-27)21-32-30(29)15-17-35(32)40-28-10-6-3-7-11-28/h3,6-7,10-11,13-14,22,24-27,29-37,40H,1-2,4-5,8-9,12,15-21,39H2/t25-,26-,27+,29+,30-,31+,32+,33-,34-,35-,36-,37-,38+/m0/s1. The van der Waals surface area contributed by atoms with Crippen LogP contribution in [-0.2, 0) is 4.79 Å². The van der Waals surface area contributed by atoms with Crippen LogP contribution in [0.3, 0.4) is 0 Å². The average Bonchev–Trinajstić information content (AvgIpc) is 3.28. The third-order valence-electron chi connectivity index (χ3n) is 14.4. The third kappa shape index (κ3) is 4.18. The Morgan fingerprint density at radius 3 is 2.46 bits per heavy atom. The predicted octanol–water partition coefficient (Wildman–Crippen LogP) is 8.04. The van der Waals surface area contributed by atoms with E-state index < -0.39 is 0 Å². The van der Waals surface area contributed by atoms with Crippen molar-refractivity contribution in [3.05, 3.63) is 54.6 Å². The van der Waals surface area contributed by atoms with Gasteiger partial charge in [-0.2, -0.15) is 0 Å². The molecule has 220 valence electrons. The summed E-state index contributed by atoms with van der Waals surface area (Å²) in [5.74, 6) is 7.97. The van der Waals surface area contributed by atoms with E-state index in [9.17, 15) is 4.79 Å². The highest BCUT2D eigenvalue weighted by molar-refractivity contribution is 5.61. The van der Waals surface area contributed by atoms with Crippen molar-refractivity contribution in [1.82, 2.24) is 0 Å². The van der Waals surface area contributed by atoms with Crippen LogP contribution >= 0.6 is 0 Å². The van der Waals surface area contributed by atoms with Gasteiger partial charge in [-0.05, 0) is 129 Å². The Hall–Kier alpha value is -1.87. The number of rotatable bonds is 6. The molecule has 0 heterocycles. The molecular formula is C38H52N2O. The number of carbonyl (C=O) groups is 1. The molecule has 1 aromatic rings. The van der Waals surface area contributed by atoms with E-state index in [0.717, 1.165) is 48.2 Å². The van der Waals surface area contributed by atoms with E-state index in [4.69, 9.17) is 5.73 Å². The van der Waals surface area contributed by atoms with Crippen molar-refractivity contribution in [2.24, 2.45) is 76.2 Å². The predicted molar refractivity (Wildman–Crippen MR) is 167 cm³/mol. The average molecular weight is 553 g/mol. The number of hydrogen-bond acceptors (Lipinski definition) is 3. The molecule has 3 nitrogen and oxygen atoms in total. The van der Waals surface area contributed by atoms with E-state index in [1.54, 1.807) is 0 Å². The maximum atomic E-state index is 12.6. The molecule has 0 saturated heterocycles. The van der Waals surface area contributed by atoms with Gasteiger partial charge in [-0.15, -0.1) is 0 Å². The summed E-state index contributed by atoms with van der Waals surface area (Å²) in [5.41, 5.74) is 9.76. The Balaban J connectivity index is 1.03. The van der Waals surface area contributed by atoms with Crippen LogP contribution < -0.4 is 11.1 Å². The molecule has 6 fully saturated rings. The highest BCUT2D eigenvalue weighted by Gasteiger charge is 2.74. The fraction of sp³-hybridized carbons (Fsp3) is 0.711. The lowest BCUT2D eigenvalue weighted by molar-refractivity contribution is -0.111. The zero-order chi connectivity index (χ0) is 27.7. The van der Waals surface area contributed by atoms with Crippen molar-refractivity contribution in [3.8, 4) is 0 Å². The van der Waals surface area contributed by atoms with Gasteiger partial charge in [0.15, 0.2) is 0 Å². The number of nitrogens with two attached hydrogens (primary N) is 1. The van der Waals surface area contributed by atoms with Gasteiger partial charge < -0.3 is 15.8 Å². The number of anilines is 1.